The molecule has 2 heterocycles. The maximum atomic E-state index is 12.1. The first-order valence-electron chi connectivity index (χ1n) is 5.54. The molecule has 0 N–H and O–H groups in total. The normalized spacial score (nSPS) is 12.7. The van der Waals surface area contributed by atoms with Crippen LogP contribution in [0.2, 0.25) is 0 Å². The van der Waals surface area contributed by atoms with Gasteiger partial charge in [0.05, 0.1) is 10.6 Å². The van der Waals surface area contributed by atoms with E-state index in [9.17, 15) is 4.79 Å². The van der Waals surface area contributed by atoms with E-state index in [-0.39, 0.29) is 5.43 Å². The Hall–Kier alpha value is -1.77. The lowest BCUT2D eigenvalue weighted by atomic mass is 10.0. The molecule has 3 rings (SSSR count). The van der Waals surface area contributed by atoms with Gasteiger partial charge in [-0.2, -0.15) is 17.0 Å². The zero-order valence-electron chi connectivity index (χ0n) is 9.67. The zero-order chi connectivity index (χ0) is 13.4. The second kappa shape index (κ2) is 4.72. The van der Waals surface area contributed by atoms with Crippen molar-refractivity contribution in [1.82, 2.24) is 4.57 Å². The number of hydrogen-bond donors (Lipinski definition) is 1. The summed E-state index contributed by atoms with van der Waals surface area (Å²) in [6.07, 6.45) is 3.59. The smallest absolute Gasteiger partial charge is 0.190 e. The molecule has 1 aliphatic rings. The summed E-state index contributed by atoms with van der Waals surface area (Å²) in [6, 6.07) is 9.25. The Morgan fingerprint density at radius 3 is 2.63 bits per heavy atom. The van der Waals surface area contributed by atoms with E-state index in [1.165, 1.54) is 16.8 Å². The maximum absolute atomic E-state index is 12.1. The summed E-state index contributed by atoms with van der Waals surface area (Å²) in [5.41, 5.74) is 2.48. The number of halogens is 1. The standard InChI is InChI=1S/C14H8BrN2OS/c15-10-3-1-9(2-4-10)11-7-19-14-13(11)12(18)5-6-17(14)8-16/h1-7,19H. The Morgan fingerprint density at radius 1 is 1.21 bits per heavy atom. The fraction of sp³-hybridized carbons (Fsp3) is 0. The first-order chi connectivity index (χ1) is 9.20. The minimum absolute atomic E-state index is 0.0410. The third-order valence-electron chi connectivity index (χ3n) is 2.92. The minimum Gasteiger partial charge on any atom is -0.289 e. The molecule has 1 radical (unpaired) electrons. The number of aromatic nitrogens is 1. The monoisotopic (exact) mass is 331 g/mol. The van der Waals surface area contributed by atoms with Crippen molar-refractivity contribution < 1.29 is 0 Å². The number of fused-ring (bicyclic) bond motifs is 1. The molecule has 5 heteroatoms. The molecule has 2 aromatic rings. The molecule has 1 aromatic carbocycles. The molecule has 0 saturated heterocycles. The van der Waals surface area contributed by atoms with Gasteiger partial charge in [-0.15, -0.1) is 0 Å². The topological polar surface area (TPSA) is 45.8 Å². The van der Waals surface area contributed by atoms with E-state index in [4.69, 9.17) is 5.26 Å². The minimum atomic E-state index is -0.0410. The molecule has 1 aromatic heterocycles. The van der Waals surface area contributed by atoms with E-state index in [0.29, 0.717) is 5.56 Å². The largest absolute Gasteiger partial charge is 0.289 e. The lowest BCUT2D eigenvalue weighted by molar-refractivity contribution is 0.924. The summed E-state index contributed by atoms with van der Waals surface area (Å²) >= 11 is 4.27. The zero-order valence-corrected chi connectivity index (χ0v) is 12.1. The average Bonchev–Trinajstić information content (AvgIpc) is 2.86. The van der Waals surface area contributed by atoms with E-state index in [1.54, 1.807) is 0 Å². The summed E-state index contributed by atoms with van der Waals surface area (Å²) in [4.78, 5) is 12.1. The van der Waals surface area contributed by atoms with Crippen LogP contribution in [0, 0.1) is 11.5 Å². The van der Waals surface area contributed by atoms with Gasteiger partial charge in [0.1, 0.15) is 0 Å². The Labute approximate surface area is 122 Å². The van der Waals surface area contributed by atoms with Crippen LogP contribution in [0.1, 0.15) is 11.1 Å². The van der Waals surface area contributed by atoms with Crippen molar-refractivity contribution in [2.24, 2.45) is 0 Å². The van der Waals surface area contributed by atoms with E-state index in [0.717, 1.165) is 32.4 Å². The van der Waals surface area contributed by atoms with Crippen LogP contribution in [0.25, 0.3) is 5.57 Å². The highest BCUT2D eigenvalue weighted by Gasteiger charge is 2.21. The van der Waals surface area contributed by atoms with Crippen LogP contribution in [0.4, 0.5) is 0 Å². The molecule has 0 unspecified atom stereocenters. The summed E-state index contributed by atoms with van der Waals surface area (Å²) in [5, 5.41) is 11.8. The van der Waals surface area contributed by atoms with Crippen LogP contribution in [0.3, 0.4) is 0 Å². The van der Waals surface area contributed by atoms with Gasteiger partial charge in [0, 0.05) is 22.3 Å². The van der Waals surface area contributed by atoms with Crippen molar-refractivity contribution in [3.05, 3.63) is 67.8 Å². The van der Waals surface area contributed by atoms with Gasteiger partial charge in [-0.3, -0.25) is 4.79 Å². The number of pyridine rings is 1. The Kier molecular flexibility index (Phi) is 3.05. The SMILES string of the molecule is N#Cn1ccc(=O)c2c1[SH]C=C2c1ccc(Br)cc1. The van der Waals surface area contributed by atoms with Crippen molar-refractivity contribution in [3.8, 4) is 6.19 Å². The summed E-state index contributed by atoms with van der Waals surface area (Å²) in [6.45, 7) is 0. The van der Waals surface area contributed by atoms with Crippen LogP contribution in [-0.2, 0) is 0 Å². The Morgan fingerprint density at radius 2 is 1.95 bits per heavy atom. The van der Waals surface area contributed by atoms with Gasteiger partial charge in [0.25, 0.3) is 0 Å². The predicted molar refractivity (Wildman–Crippen MR) is 80.2 cm³/mol. The summed E-state index contributed by atoms with van der Waals surface area (Å²) < 4.78 is 2.44. The fourth-order valence-electron chi connectivity index (χ4n) is 2.03. The quantitative estimate of drug-likeness (QED) is 0.816. The van der Waals surface area contributed by atoms with Crippen molar-refractivity contribution in [2.75, 3.05) is 0 Å². The number of thiol groups is 1. The molecule has 0 amide bonds. The predicted octanol–water partition coefficient (Wildman–Crippen LogP) is 3.17. The number of hydrogen-bond acceptors (Lipinski definition) is 2. The highest BCUT2D eigenvalue weighted by atomic mass is 79.9. The number of nitriles is 1. The molecule has 0 aliphatic carbocycles. The number of rotatable bonds is 1. The third kappa shape index (κ3) is 2.03. The van der Waals surface area contributed by atoms with E-state index < -0.39 is 0 Å². The van der Waals surface area contributed by atoms with Crippen LogP contribution in [-0.4, -0.2) is 4.57 Å². The van der Waals surface area contributed by atoms with Crippen LogP contribution in [0.15, 0.2) is 56.2 Å². The van der Waals surface area contributed by atoms with Gasteiger partial charge in [-0.05, 0) is 23.1 Å². The van der Waals surface area contributed by atoms with E-state index in [2.05, 4.69) is 22.1 Å². The van der Waals surface area contributed by atoms with Crippen LogP contribution in [0.5, 0.6) is 0 Å². The van der Waals surface area contributed by atoms with E-state index in [1.807, 2.05) is 29.7 Å². The third-order valence-corrected chi connectivity index (χ3v) is 4.52. The van der Waals surface area contributed by atoms with Crippen molar-refractivity contribution in [2.45, 2.75) is 5.03 Å². The van der Waals surface area contributed by atoms with Gasteiger partial charge in [-0.25, -0.2) is 4.57 Å². The second-order valence-electron chi connectivity index (χ2n) is 4.03. The Bertz CT molecular complexity index is 785. The molecule has 93 valence electrons. The number of benzene rings is 1. The molecule has 0 saturated carbocycles. The molecule has 0 bridgehead atoms. The first kappa shape index (κ1) is 12.3. The molecule has 1 aliphatic heterocycles. The number of nitrogens with zero attached hydrogens (tertiary/aromatic N) is 2. The van der Waals surface area contributed by atoms with Crippen molar-refractivity contribution in [3.63, 3.8) is 0 Å². The molecule has 0 spiro atoms. The molecule has 19 heavy (non-hydrogen) atoms. The summed E-state index contributed by atoms with van der Waals surface area (Å²) in [5.74, 6) is 0. The first-order valence-corrected chi connectivity index (χ1v) is 7.29. The van der Waals surface area contributed by atoms with Gasteiger partial charge in [-0.1, -0.05) is 28.1 Å². The highest BCUT2D eigenvalue weighted by molar-refractivity contribution is 9.10. The van der Waals surface area contributed by atoms with Gasteiger partial charge in [0.15, 0.2) is 11.6 Å². The van der Waals surface area contributed by atoms with Crippen LogP contribution < -0.4 is 5.43 Å². The molecular weight excluding hydrogens is 324 g/mol. The second-order valence-corrected chi connectivity index (χ2v) is 5.88. The Balaban J connectivity index is 2.19. The summed E-state index contributed by atoms with van der Waals surface area (Å²) in [7, 11) is 0. The van der Waals surface area contributed by atoms with Crippen LogP contribution >= 0.6 is 27.7 Å². The van der Waals surface area contributed by atoms with Gasteiger partial charge in [0.2, 0.25) is 0 Å². The highest BCUT2D eigenvalue weighted by Crippen LogP contribution is 2.39. The lowest BCUT2D eigenvalue weighted by Crippen LogP contribution is -2.11. The van der Waals surface area contributed by atoms with Crippen molar-refractivity contribution >= 4 is 33.3 Å². The maximum Gasteiger partial charge on any atom is 0.190 e. The van der Waals surface area contributed by atoms with Gasteiger partial charge >= 0.3 is 0 Å². The van der Waals surface area contributed by atoms with Gasteiger partial charge < -0.3 is 0 Å². The fourth-order valence-corrected chi connectivity index (χ4v) is 3.42. The van der Waals surface area contributed by atoms with Crippen molar-refractivity contribution in [1.29, 1.82) is 5.26 Å². The molecule has 0 fully saturated rings. The molecule has 0 atom stereocenters. The molecular formula is C14H8BrN2OS. The average molecular weight is 332 g/mol. The van der Waals surface area contributed by atoms with E-state index >= 15 is 0 Å². The molecule has 3 nitrogen and oxygen atoms in total. The lowest BCUT2D eigenvalue weighted by Gasteiger charge is -2.06.